The van der Waals surface area contributed by atoms with Crippen molar-refractivity contribution < 1.29 is 19.4 Å². The van der Waals surface area contributed by atoms with Crippen molar-refractivity contribution in [1.29, 1.82) is 0 Å². The quantitative estimate of drug-likeness (QED) is 0.759. The Morgan fingerprint density at radius 1 is 1.00 bits per heavy atom. The first-order valence-corrected chi connectivity index (χ1v) is 8.24. The van der Waals surface area contributed by atoms with Crippen molar-refractivity contribution in [2.75, 3.05) is 6.61 Å². The van der Waals surface area contributed by atoms with E-state index in [0.29, 0.717) is 11.1 Å². The molecule has 5 heteroatoms. The zero-order chi connectivity index (χ0) is 18.2. The highest BCUT2D eigenvalue weighted by Gasteiger charge is 2.30. The molecule has 0 heterocycles. The fourth-order valence-electron chi connectivity index (χ4n) is 2.29. The minimum absolute atomic E-state index is 0.158. The lowest BCUT2D eigenvalue weighted by atomic mass is 10.0. The molecule has 2 rings (SSSR count). The summed E-state index contributed by atoms with van der Waals surface area (Å²) in [6.07, 6.45) is -1.49. The summed E-state index contributed by atoms with van der Waals surface area (Å²) in [5, 5.41) is 13.2. The summed E-state index contributed by atoms with van der Waals surface area (Å²) in [5.74, 6) is -0.966. The molecule has 5 nitrogen and oxygen atoms in total. The summed E-state index contributed by atoms with van der Waals surface area (Å²) < 4.78 is 5.11. The van der Waals surface area contributed by atoms with Crippen molar-refractivity contribution in [2.45, 2.75) is 26.0 Å². The van der Waals surface area contributed by atoms with Crippen LogP contribution < -0.4 is 5.32 Å². The van der Waals surface area contributed by atoms with Gasteiger partial charge in [0.2, 0.25) is 0 Å². The highest BCUT2D eigenvalue weighted by atomic mass is 16.5. The van der Waals surface area contributed by atoms with Crippen LogP contribution in [0, 0.1) is 5.92 Å². The van der Waals surface area contributed by atoms with Gasteiger partial charge in [-0.25, -0.2) is 4.79 Å². The summed E-state index contributed by atoms with van der Waals surface area (Å²) in [6.45, 7) is 4.03. The highest BCUT2D eigenvalue weighted by Crippen LogP contribution is 2.19. The van der Waals surface area contributed by atoms with E-state index in [0.717, 1.165) is 0 Å². The van der Waals surface area contributed by atoms with Gasteiger partial charge in [0.25, 0.3) is 5.91 Å². The molecule has 25 heavy (non-hydrogen) atoms. The number of rotatable bonds is 7. The predicted molar refractivity (Wildman–Crippen MR) is 94.9 cm³/mol. The Balaban J connectivity index is 2.19. The second-order valence-corrected chi connectivity index (χ2v) is 6.20. The number of aliphatic hydroxyl groups excluding tert-OH is 1. The van der Waals surface area contributed by atoms with Crippen molar-refractivity contribution in [3.63, 3.8) is 0 Å². The molecule has 0 saturated heterocycles. The lowest BCUT2D eigenvalue weighted by Crippen LogP contribution is -2.41. The second kappa shape index (κ2) is 8.99. The predicted octanol–water partition coefficient (Wildman–Crippen LogP) is 2.72. The Morgan fingerprint density at radius 3 is 2.12 bits per heavy atom. The van der Waals surface area contributed by atoms with Gasteiger partial charge in [-0.05, 0) is 23.6 Å². The molecule has 2 atom stereocenters. The first-order chi connectivity index (χ1) is 12.0. The molecule has 0 aromatic heterocycles. The monoisotopic (exact) mass is 341 g/mol. The second-order valence-electron chi connectivity index (χ2n) is 6.20. The number of hydrogen-bond donors (Lipinski definition) is 2. The lowest BCUT2D eigenvalue weighted by molar-refractivity contribution is -0.156. The molecule has 0 aliphatic heterocycles. The van der Waals surface area contributed by atoms with Crippen molar-refractivity contribution in [3.05, 3.63) is 71.8 Å². The van der Waals surface area contributed by atoms with Crippen LogP contribution in [0.2, 0.25) is 0 Å². The van der Waals surface area contributed by atoms with Crippen molar-refractivity contribution in [1.82, 2.24) is 5.32 Å². The minimum Gasteiger partial charge on any atom is -0.463 e. The largest absolute Gasteiger partial charge is 0.463 e. The summed E-state index contributed by atoms with van der Waals surface area (Å²) in [4.78, 5) is 24.6. The standard InChI is InChI=1S/C20H23NO4/c1-14(2)13-25-20(24)18(22)17(15-9-5-3-6-10-15)21-19(23)16-11-7-4-8-12-16/h3-12,14,17-18,22H,13H2,1-2H3,(H,21,23)/t17-,18-/m0/s1. The smallest absolute Gasteiger partial charge is 0.337 e. The number of carbonyl (C=O) groups is 2. The Bertz CT molecular complexity index is 685. The number of carbonyl (C=O) groups excluding carboxylic acids is 2. The van der Waals surface area contributed by atoms with Gasteiger partial charge in [-0.1, -0.05) is 62.4 Å². The number of aliphatic hydroxyl groups is 1. The zero-order valence-corrected chi connectivity index (χ0v) is 14.4. The van der Waals surface area contributed by atoms with Crippen LogP contribution in [0.15, 0.2) is 60.7 Å². The van der Waals surface area contributed by atoms with Crippen LogP contribution in [-0.2, 0) is 9.53 Å². The van der Waals surface area contributed by atoms with Crippen molar-refractivity contribution in [2.24, 2.45) is 5.92 Å². The van der Waals surface area contributed by atoms with E-state index in [9.17, 15) is 14.7 Å². The number of benzene rings is 2. The van der Waals surface area contributed by atoms with Gasteiger partial charge in [0, 0.05) is 5.56 Å². The SMILES string of the molecule is CC(C)COC(=O)[C@@H](O)[C@@H](NC(=O)c1ccccc1)c1ccccc1. The van der Waals surface area contributed by atoms with Crippen molar-refractivity contribution >= 4 is 11.9 Å². The molecule has 0 unspecified atom stereocenters. The molecule has 0 radical (unpaired) electrons. The number of amides is 1. The maximum absolute atomic E-state index is 12.4. The van der Waals surface area contributed by atoms with Crippen LogP contribution in [0.5, 0.6) is 0 Å². The normalized spacial score (nSPS) is 13.1. The van der Waals surface area contributed by atoms with Gasteiger partial charge in [0.1, 0.15) is 0 Å². The van der Waals surface area contributed by atoms with E-state index in [4.69, 9.17) is 4.74 Å². The first kappa shape index (κ1) is 18.7. The molecule has 1 amide bonds. The highest BCUT2D eigenvalue weighted by molar-refractivity contribution is 5.94. The Morgan fingerprint density at radius 2 is 1.56 bits per heavy atom. The third-order valence-corrected chi connectivity index (χ3v) is 3.60. The first-order valence-electron chi connectivity index (χ1n) is 8.24. The topological polar surface area (TPSA) is 75.6 Å². The molecule has 0 spiro atoms. The minimum atomic E-state index is -1.49. The van der Waals surface area contributed by atoms with Crippen LogP contribution in [-0.4, -0.2) is 29.7 Å². The van der Waals surface area contributed by atoms with E-state index < -0.39 is 18.1 Å². The fourth-order valence-corrected chi connectivity index (χ4v) is 2.29. The molecular weight excluding hydrogens is 318 g/mol. The number of nitrogens with one attached hydrogen (secondary N) is 1. The van der Waals surface area contributed by atoms with Gasteiger partial charge in [0.15, 0.2) is 6.10 Å². The average Bonchev–Trinajstić information content (AvgIpc) is 2.64. The van der Waals surface area contributed by atoms with Crippen LogP contribution in [0.4, 0.5) is 0 Å². The summed E-state index contributed by atoms with van der Waals surface area (Å²) in [5.41, 5.74) is 1.08. The van der Waals surface area contributed by atoms with E-state index >= 15 is 0 Å². The molecule has 132 valence electrons. The van der Waals surface area contributed by atoms with Gasteiger partial charge in [-0.3, -0.25) is 4.79 Å². The number of ether oxygens (including phenoxy) is 1. The summed E-state index contributed by atoms with van der Waals surface area (Å²) >= 11 is 0. The van der Waals surface area contributed by atoms with Crippen molar-refractivity contribution in [3.8, 4) is 0 Å². The average molecular weight is 341 g/mol. The van der Waals surface area contributed by atoms with Crippen LogP contribution in [0.1, 0.15) is 35.8 Å². The molecule has 2 aromatic carbocycles. The van der Waals surface area contributed by atoms with E-state index in [-0.39, 0.29) is 18.4 Å². The molecular formula is C20H23NO4. The van der Waals surface area contributed by atoms with Gasteiger partial charge < -0.3 is 15.2 Å². The molecule has 0 aliphatic carbocycles. The van der Waals surface area contributed by atoms with Crippen LogP contribution in [0.25, 0.3) is 0 Å². The van der Waals surface area contributed by atoms with E-state index in [1.807, 2.05) is 26.0 Å². The molecule has 0 bridgehead atoms. The number of hydrogen-bond acceptors (Lipinski definition) is 4. The summed E-state index contributed by atoms with van der Waals surface area (Å²) in [6, 6.07) is 16.6. The van der Waals surface area contributed by atoms with Gasteiger partial charge >= 0.3 is 5.97 Å². The van der Waals surface area contributed by atoms with E-state index in [1.165, 1.54) is 0 Å². The van der Waals surface area contributed by atoms with E-state index in [2.05, 4.69) is 5.32 Å². The Hall–Kier alpha value is -2.66. The maximum atomic E-state index is 12.4. The summed E-state index contributed by atoms with van der Waals surface area (Å²) in [7, 11) is 0. The number of esters is 1. The molecule has 0 saturated carbocycles. The fraction of sp³-hybridized carbons (Fsp3) is 0.300. The molecule has 2 aromatic rings. The lowest BCUT2D eigenvalue weighted by Gasteiger charge is -2.24. The van der Waals surface area contributed by atoms with E-state index in [1.54, 1.807) is 48.5 Å². The zero-order valence-electron chi connectivity index (χ0n) is 14.4. The van der Waals surface area contributed by atoms with Gasteiger partial charge in [-0.2, -0.15) is 0 Å². The van der Waals surface area contributed by atoms with Gasteiger partial charge in [-0.15, -0.1) is 0 Å². The van der Waals surface area contributed by atoms with Gasteiger partial charge in [0.05, 0.1) is 12.6 Å². The molecule has 2 N–H and O–H groups in total. The maximum Gasteiger partial charge on any atom is 0.337 e. The molecule has 0 fully saturated rings. The molecule has 0 aliphatic rings. The Labute approximate surface area is 147 Å². The third-order valence-electron chi connectivity index (χ3n) is 3.60. The van der Waals surface area contributed by atoms with Crippen LogP contribution >= 0.6 is 0 Å². The third kappa shape index (κ3) is 5.43. The van der Waals surface area contributed by atoms with Crippen LogP contribution in [0.3, 0.4) is 0 Å². The Kier molecular flexibility index (Phi) is 6.71.